The van der Waals surface area contributed by atoms with E-state index in [9.17, 15) is 5.26 Å². The lowest BCUT2D eigenvalue weighted by Gasteiger charge is -2.22. The number of aromatic nitrogens is 1. The number of pyridine rings is 1. The van der Waals surface area contributed by atoms with Gasteiger partial charge < -0.3 is 0 Å². The van der Waals surface area contributed by atoms with Gasteiger partial charge in [-0.25, -0.2) is 4.57 Å². The second kappa shape index (κ2) is 5.40. The van der Waals surface area contributed by atoms with Crippen molar-refractivity contribution in [3.8, 4) is 28.5 Å². The first-order valence-corrected chi connectivity index (χ1v) is 11.6. The van der Waals surface area contributed by atoms with Gasteiger partial charge in [-0.15, -0.1) is 0 Å². The maximum absolute atomic E-state index is 9.32. The first-order valence-electron chi connectivity index (χ1n) is 8.59. The van der Waals surface area contributed by atoms with Crippen LogP contribution in [-0.4, -0.2) is 8.07 Å². The van der Waals surface area contributed by atoms with Gasteiger partial charge in [-0.1, -0.05) is 31.3 Å². The Morgan fingerprint density at radius 1 is 1.00 bits per heavy atom. The lowest BCUT2D eigenvalue weighted by Crippen LogP contribution is -2.51. The number of benzene rings is 2. The Bertz CT molecular complexity index is 1060. The summed E-state index contributed by atoms with van der Waals surface area (Å²) >= 11 is 0. The molecule has 2 aromatic carbocycles. The summed E-state index contributed by atoms with van der Waals surface area (Å²) in [6.45, 7) is 7.06. The Morgan fingerprint density at radius 2 is 1.80 bits per heavy atom. The summed E-state index contributed by atoms with van der Waals surface area (Å²) in [6, 6.07) is 19.4. The highest BCUT2D eigenvalue weighted by molar-refractivity contribution is 7.04. The predicted octanol–water partition coefficient (Wildman–Crippen LogP) is 3.16. The largest absolute Gasteiger partial charge is 0.212 e. The molecule has 0 atom stereocenters. The van der Waals surface area contributed by atoms with E-state index in [2.05, 4.69) is 86.4 Å². The number of hydrogen-bond acceptors (Lipinski definition) is 1. The molecule has 0 N–H and O–H groups in total. The molecule has 3 aromatic rings. The molecule has 1 aliphatic rings. The zero-order chi connectivity index (χ0) is 17.8. The van der Waals surface area contributed by atoms with E-state index in [-0.39, 0.29) is 0 Å². The molecule has 0 aliphatic carbocycles. The van der Waals surface area contributed by atoms with Gasteiger partial charge in [-0.3, -0.25) is 0 Å². The minimum Gasteiger partial charge on any atom is -0.201 e. The molecule has 0 spiro atoms. The maximum Gasteiger partial charge on any atom is 0.212 e. The monoisotopic (exact) mass is 341 g/mol. The molecule has 0 saturated heterocycles. The number of nitriles is 1. The second-order valence-electron chi connectivity index (χ2n) is 7.37. The standard InChI is InChI=1S/C22H21N2Si/c1-15-8-10-17-18-13-16(14-23)9-11-20(18)25(3,4)22(17)21(15)19-7-5-6-12-24(19)2/h5-13H,1-4H3/q+1. The predicted molar refractivity (Wildman–Crippen MR) is 105 cm³/mol. The van der Waals surface area contributed by atoms with E-state index in [1.54, 1.807) is 0 Å². The van der Waals surface area contributed by atoms with Crippen molar-refractivity contribution in [2.45, 2.75) is 20.0 Å². The fraction of sp³-hybridized carbons (Fsp3) is 0.182. The molecule has 2 heterocycles. The van der Waals surface area contributed by atoms with Gasteiger partial charge >= 0.3 is 0 Å². The van der Waals surface area contributed by atoms with Crippen molar-refractivity contribution in [2.24, 2.45) is 7.05 Å². The molecule has 1 aromatic heterocycles. The molecule has 122 valence electrons. The van der Waals surface area contributed by atoms with Gasteiger partial charge in [0.25, 0.3) is 0 Å². The molecular formula is C22H21N2Si+. The zero-order valence-corrected chi connectivity index (χ0v) is 16.1. The third kappa shape index (κ3) is 2.18. The molecule has 0 radical (unpaired) electrons. The normalized spacial score (nSPS) is 13.9. The Balaban J connectivity index is 2.11. The summed E-state index contributed by atoms with van der Waals surface area (Å²) in [7, 11) is 0.288. The van der Waals surface area contributed by atoms with E-state index in [4.69, 9.17) is 0 Å². The van der Waals surface area contributed by atoms with Crippen molar-refractivity contribution >= 4 is 18.4 Å². The fourth-order valence-corrected chi connectivity index (χ4v) is 7.70. The molecule has 1 aliphatic heterocycles. The van der Waals surface area contributed by atoms with Crippen LogP contribution in [0.3, 0.4) is 0 Å². The van der Waals surface area contributed by atoms with E-state index < -0.39 is 8.07 Å². The summed E-state index contributed by atoms with van der Waals surface area (Å²) in [5.74, 6) is 0. The number of hydrogen-bond donors (Lipinski definition) is 0. The minimum absolute atomic E-state index is 0.740. The van der Waals surface area contributed by atoms with Gasteiger partial charge in [0, 0.05) is 17.7 Å². The third-order valence-corrected chi connectivity index (χ3v) is 9.01. The van der Waals surface area contributed by atoms with Gasteiger partial charge in [0.05, 0.1) is 11.6 Å². The first kappa shape index (κ1) is 15.8. The highest BCUT2D eigenvalue weighted by Crippen LogP contribution is 2.34. The van der Waals surface area contributed by atoms with Crippen LogP contribution < -0.4 is 14.9 Å². The van der Waals surface area contributed by atoms with Crippen molar-refractivity contribution in [1.82, 2.24) is 0 Å². The Labute approximate surface area is 150 Å². The summed E-state index contributed by atoms with van der Waals surface area (Å²) in [5, 5.41) is 12.3. The van der Waals surface area contributed by atoms with E-state index in [1.165, 1.54) is 38.3 Å². The lowest BCUT2D eigenvalue weighted by atomic mass is 9.96. The van der Waals surface area contributed by atoms with Crippen molar-refractivity contribution in [2.75, 3.05) is 0 Å². The first-order chi connectivity index (χ1) is 11.9. The van der Waals surface area contributed by atoms with E-state index in [0.717, 1.165) is 5.56 Å². The SMILES string of the molecule is Cc1ccc2c(c1-c1cccc[n+]1C)[Si](C)(C)c1ccc(C#N)cc1-2. The molecule has 0 bridgehead atoms. The van der Waals surface area contributed by atoms with Crippen molar-refractivity contribution < 1.29 is 4.57 Å². The summed E-state index contributed by atoms with van der Waals surface area (Å²) in [6.07, 6.45) is 2.11. The number of fused-ring (bicyclic) bond motifs is 3. The van der Waals surface area contributed by atoms with E-state index >= 15 is 0 Å². The Kier molecular flexibility index (Phi) is 3.42. The van der Waals surface area contributed by atoms with Crippen molar-refractivity contribution in [3.63, 3.8) is 0 Å². The zero-order valence-electron chi connectivity index (χ0n) is 15.1. The number of rotatable bonds is 1. The minimum atomic E-state index is -1.82. The van der Waals surface area contributed by atoms with E-state index in [1.807, 2.05) is 6.07 Å². The molecule has 0 saturated carbocycles. The molecule has 0 amide bonds. The lowest BCUT2D eigenvalue weighted by molar-refractivity contribution is -0.660. The van der Waals surface area contributed by atoms with Crippen LogP contribution in [0.25, 0.3) is 22.4 Å². The Morgan fingerprint density at radius 3 is 2.52 bits per heavy atom. The fourth-order valence-electron chi connectivity index (χ4n) is 4.21. The van der Waals surface area contributed by atoms with Crippen LogP contribution in [0.2, 0.25) is 13.1 Å². The van der Waals surface area contributed by atoms with Crippen molar-refractivity contribution in [1.29, 1.82) is 5.26 Å². The Hall–Kier alpha value is -2.70. The quantitative estimate of drug-likeness (QED) is 0.493. The van der Waals surface area contributed by atoms with Gasteiger partial charge in [-0.2, -0.15) is 5.26 Å². The average molecular weight is 342 g/mol. The van der Waals surface area contributed by atoms with Crippen LogP contribution in [0.1, 0.15) is 11.1 Å². The molecule has 0 fully saturated rings. The highest BCUT2D eigenvalue weighted by atomic mass is 28.3. The van der Waals surface area contributed by atoms with Crippen LogP contribution in [0, 0.1) is 18.3 Å². The summed E-state index contributed by atoms with van der Waals surface area (Å²) < 4.78 is 2.21. The smallest absolute Gasteiger partial charge is 0.201 e. The molecular weight excluding hydrogens is 320 g/mol. The van der Waals surface area contributed by atoms with Gasteiger partial charge in [0.15, 0.2) is 6.20 Å². The van der Waals surface area contributed by atoms with Crippen molar-refractivity contribution in [3.05, 3.63) is 65.9 Å². The maximum atomic E-state index is 9.32. The van der Waals surface area contributed by atoms with Crippen LogP contribution in [-0.2, 0) is 7.05 Å². The van der Waals surface area contributed by atoms with Gasteiger partial charge in [-0.05, 0) is 52.2 Å². The number of aryl methyl sites for hydroxylation is 2. The molecule has 3 heteroatoms. The molecule has 2 nitrogen and oxygen atoms in total. The van der Waals surface area contributed by atoms with E-state index in [0.29, 0.717) is 0 Å². The highest BCUT2D eigenvalue weighted by Gasteiger charge is 2.41. The number of nitrogens with zero attached hydrogens (tertiary/aromatic N) is 2. The summed E-state index contributed by atoms with van der Waals surface area (Å²) in [5.41, 5.74) is 7.25. The topological polar surface area (TPSA) is 27.7 Å². The molecule has 4 rings (SSSR count). The van der Waals surface area contributed by atoms with Gasteiger partial charge in [0.2, 0.25) is 5.69 Å². The van der Waals surface area contributed by atoms with Crippen LogP contribution in [0.5, 0.6) is 0 Å². The molecule has 25 heavy (non-hydrogen) atoms. The average Bonchev–Trinajstić information content (AvgIpc) is 2.83. The van der Waals surface area contributed by atoms with Crippen LogP contribution in [0.15, 0.2) is 54.7 Å². The second-order valence-corrected chi connectivity index (χ2v) is 11.7. The van der Waals surface area contributed by atoms with Gasteiger partial charge in [0.1, 0.15) is 15.1 Å². The van der Waals surface area contributed by atoms with Crippen LogP contribution in [0.4, 0.5) is 0 Å². The van der Waals surface area contributed by atoms with Crippen LogP contribution >= 0.6 is 0 Å². The molecule has 0 unspecified atom stereocenters. The third-order valence-electron chi connectivity index (χ3n) is 5.46. The summed E-state index contributed by atoms with van der Waals surface area (Å²) in [4.78, 5) is 0.